The summed E-state index contributed by atoms with van der Waals surface area (Å²) in [6.45, 7) is -0.721. The molecule has 0 heterocycles. The van der Waals surface area contributed by atoms with E-state index in [1.807, 2.05) is 0 Å². The van der Waals surface area contributed by atoms with Crippen LogP contribution in [0.2, 0.25) is 10.0 Å². The Balaban J connectivity index is 2.00. The Morgan fingerprint density at radius 3 is 2.60 bits per heavy atom. The quantitative estimate of drug-likeness (QED) is 0.478. The summed E-state index contributed by atoms with van der Waals surface area (Å²) in [4.78, 5) is 33.6. The molecule has 0 saturated carbocycles. The van der Waals surface area contributed by atoms with Gasteiger partial charge in [0.15, 0.2) is 6.61 Å². The average Bonchev–Trinajstić information content (AvgIpc) is 2.56. The van der Waals surface area contributed by atoms with Gasteiger partial charge in [0.2, 0.25) is 0 Å². The summed E-state index contributed by atoms with van der Waals surface area (Å²) in [5.41, 5.74) is -0.796. The van der Waals surface area contributed by atoms with Gasteiger partial charge < -0.3 is 10.1 Å². The molecule has 0 fully saturated rings. The van der Waals surface area contributed by atoms with Crippen LogP contribution in [0.4, 0.5) is 15.8 Å². The summed E-state index contributed by atoms with van der Waals surface area (Å²) in [6.07, 6.45) is 0. The average molecular weight is 387 g/mol. The highest BCUT2D eigenvalue weighted by atomic mass is 35.5. The molecule has 0 bridgehead atoms. The third-order valence-electron chi connectivity index (χ3n) is 2.92. The number of hydrogen-bond donors (Lipinski definition) is 1. The Kier molecular flexibility index (Phi) is 5.89. The highest BCUT2D eigenvalue weighted by Crippen LogP contribution is 2.25. The second-order valence-corrected chi connectivity index (χ2v) is 5.52. The molecule has 7 nitrogen and oxygen atoms in total. The number of carbonyl (C=O) groups excluding carboxylic acids is 2. The summed E-state index contributed by atoms with van der Waals surface area (Å²) in [5.74, 6) is -2.49. The van der Waals surface area contributed by atoms with Crippen molar-refractivity contribution in [3.8, 4) is 0 Å². The standard InChI is InChI=1S/C15H9Cl2FN2O5/c16-9-2-4-11(18)12(6-9)19-14(21)7-25-15(22)8-1-3-10(17)13(5-8)20(23)24/h1-6H,7H2,(H,19,21). The molecule has 0 spiro atoms. The molecule has 2 rings (SSSR count). The fourth-order valence-electron chi connectivity index (χ4n) is 1.77. The van der Waals surface area contributed by atoms with Gasteiger partial charge in [-0.15, -0.1) is 0 Å². The Morgan fingerprint density at radius 1 is 1.20 bits per heavy atom. The number of hydrogen-bond acceptors (Lipinski definition) is 5. The zero-order valence-electron chi connectivity index (χ0n) is 12.3. The summed E-state index contributed by atoms with van der Waals surface area (Å²) in [6, 6.07) is 6.87. The maximum atomic E-state index is 13.5. The first-order valence-electron chi connectivity index (χ1n) is 6.64. The maximum absolute atomic E-state index is 13.5. The lowest BCUT2D eigenvalue weighted by Crippen LogP contribution is -2.21. The number of halogens is 3. The number of nitrogens with zero attached hydrogens (tertiary/aromatic N) is 1. The number of esters is 1. The zero-order valence-corrected chi connectivity index (χ0v) is 13.8. The maximum Gasteiger partial charge on any atom is 0.338 e. The van der Waals surface area contributed by atoms with Gasteiger partial charge in [0.05, 0.1) is 16.2 Å². The van der Waals surface area contributed by atoms with E-state index in [0.717, 1.165) is 18.2 Å². The van der Waals surface area contributed by atoms with Crippen molar-refractivity contribution in [2.75, 3.05) is 11.9 Å². The molecule has 0 atom stereocenters. The Bertz CT molecular complexity index is 860. The lowest BCUT2D eigenvalue weighted by molar-refractivity contribution is -0.384. The van der Waals surface area contributed by atoms with Gasteiger partial charge in [-0.05, 0) is 30.3 Å². The molecule has 2 aromatic carbocycles. The van der Waals surface area contributed by atoms with Crippen LogP contribution in [0.1, 0.15) is 10.4 Å². The van der Waals surface area contributed by atoms with Crippen LogP contribution in [-0.4, -0.2) is 23.4 Å². The molecule has 1 amide bonds. The van der Waals surface area contributed by atoms with Gasteiger partial charge in [-0.25, -0.2) is 9.18 Å². The van der Waals surface area contributed by atoms with Gasteiger partial charge >= 0.3 is 5.97 Å². The highest BCUT2D eigenvalue weighted by molar-refractivity contribution is 6.32. The van der Waals surface area contributed by atoms with Crippen molar-refractivity contribution < 1.29 is 23.6 Å². The molecular weight excluding hydrogens is 378 g/mol. The van der Waals surface area contributed by atoms with Crippen LogP contribution in [0.3, 0.4) is 0 Å². The van der Waals surface area contributed by atoms with E-state index in [0.29, 0.717) is 0 Å². The van der Waals surface area contributed by atoms with E-state index in [1.54, 1.807) is 0 Å². The smallest absolute Gasteiger partial charge is 0.338 e. The zero-order chi connectivity index (χ0) is 18.6. The summed E-state index contributed by atoms with van der Waals surface area (Å²) < 4.78 is 18.2. The predicted octanol–water partition coefficient (Wildman–Crippen LogP) is 3.84. The van der Waals surface area contributed by atoms with Gasteiger partial charge in [0.1, 0.15) is 10.8 Å². The Morgan fingerprint density at radius 2 is 1.92 bits per heavy atom. The van der Waals surface area contributed by atoms with Crippen molar-refractivity contribution >= 4 is 46.5 Å². The second-order valence-electron chi connectivity index (χ2n) is 4.67. The van der Waals surface area contributed by atoms with E-state index >= 15 is 0 Å². The van der Waals surface area contributed by atoms with E-state index in [9.17, 15) is 24.1 Å². The number of nitro groups is 1. The third-order valence-corrected chi connectivity index (χ3v) is 3.47. The number of ether oxygens (including phenoxy) is 1. The number of nitrogens with one attached hydrogen (secondary N) is 1. The van der Waals surface area contributed by atoms with Crippen molar-refractivity contribution in [3.63, 3.8) is 0 Å². The van der Waals surface area contributed by atoms with E-state index in [-0.39, 0.29) is 21.3 Å². The molecule has 2 aromatic rings. The summed E-state index contributed by atoms with van der Waals surface area (Å²) in [7, 11) is 0. The first kappa shape index (κ1) is 18.6. The number of nitro benzene ring substituents is 1. The van der Waals surface area contributed by atoms with Crippen molar-refractivity contribution in [3.05, 3.63) is 67.9 Å². The molecule has 0 unspecified atom stereocenters. The minimum atomic E-state index is -0.971. The largest absolute Gasteiger partial charge is 0.452 e. The van der Waals surface area contributed by atoms with Crippen molar-refractivity contribution in [2.45, 2.75) is 0 Å². The minimum Gasteiger partial charge on any atom is -0.452 e. The molecule has 25 heavy (non-hydrogen) atoms. The monoisotopic (exact) mass is 386 g/mol. The normalized spacial score (nSPS) is 10.2. The van der Waals surface area contributed by atoms with Crippen molar-refractivity contribution in [2.24, 2.45) is 0 Å². The highest BCUT2D eigenvalue weighted by Gasteiger charge is 2.18. The molecule has 0 aliphatic rings. The van der Waals surface area contributed by atoms with E-state index in [1.165, 1.54) is 18.2 Å². The summed E-state index contributed by atoms with van der Waals surface area (Å²) in [5, 5.41) is 13.0. The van der Waals surface area contributed by atoms with Crippen LogP contribution < -0.4 is 5.32 Å². The molecular formula is C15H9Cl2FN2O5. The second kappa shape index (κ2) is 7.91. The van der Waals surface area contributed by atoms with E-state index in [4.69, 9.17) is 27.9 Å². The minimum absolute atomic E-state index is 0.143. The van der Waals surface area contributed by atoms with E-state index < -0.39 is 34.9 Å². The molecule has 0 aliphatic heterocycles. The van der Waals surface area contributed by atoms with Gasteiger partial charge in [-0.2, -0.15) is 0 Å². The van der Waals surface area contributed by atoms with Gasteiger partial charge in [0.25, 0.3) is 11.6 Å². The SMILES string of the molecule is O=C(COC(=O)c1ccc(Cl)c([N+](=O)[O-])c1)Nc1cc(Cl)ccc1F. The molecule has 130 valence electrons. The first-order chi connectivity index (χ1) is 11.8. The number of benzene rings is 2. The van der Waals surface area contributed by atoms with Crippen LogP contribution in [0, 0.1) is 15.9 Å². The first-order valence-corrected chi connectivity index (χ1v) is 7.39. The molecule has 0 saturated heterocycles. The number of amides is 1. The van der Waals surface area contributed by atoms with Crippen LogP contribution in [0.5, 0.6) is 0 Å². The molecule has 1 N–H and O–H groups in total. The number of anilines is 1. The topological polar surface area (TPSA) is 98.5 Å². The van der Waals surface area contributed by atoms with Crippen molar-refractivity contribution in [1.82, 2.24) is 0 Å². The van der Waals surface area contributed by atoms with Crippen LogP contribution >= 0.6 is 23.2 Å². The Labute approximate surface area is 150 Å². The van der Waals surface area contributed by atoms with Gasteiger partial charge in [-0.3, -0.25) is 14.9 Å². The molecule has 10 heteroatoms. The van der Waals surface area contributed by atoms with Gasteiger partial charge in [-0.1, -0.05) is 23.2 Å². The summed E-state index contributed by atoms with van der Waals surface area (Å²) >= 11 is 11.3. The molecule has 0 aromatic heterocycles. The number of rotatable bonds is 5. The Hall–Kier alpha value is -2.71. The number of carbonyl (C=O) groups is 2. The predicted molar refractivity (Wildman–Crippen MR) is 88.4 cm³/mol. The van der Waals surface area contributed by atoms with Crippen LogP contribution in [-0.2, 0) is 9.53 Å². The fraction of sp³-hybridized carbons (Fsp3) is 0.0667. The van der Waals surface area contributed by atoms with E-state index in [2.05, 4.69) is 5.32 Å². The fourth-order valence-corrected chi connectivity index (χ4v) is 2.13. The lowest BCUT2D eigenvalue weighted by atomic mass is 10.2. The van der Waals surface area contributed by atoms with Crippen molar-refractivity contribution in [1.29, 1.82) is 0 Å². The lowest BCUT2D eigenvalue weighted by Gasteiger charge is -2.08. The van der Waals surface area contributed by atoms with Crippen LogP contribution in [0.15, 0.2) is 36.4 Å². The van der Waals surface area contributed by atoms with Gasteiger partial charge in [0, 0.05) is 11.1 Å². The van der Waals surface area contributed by atoms with Crippen LogP contribution in [0.25, 0.3) is 0 Å². The molecule has 0 radical (unpaired) electrons. The molecule has 0 aliphatic carbocycles. The third kappa shape index (κ3) is 4.88.